The summed E-state index contributed by atoms with van der Waals surface area (Å²) in [5.41, 5.74) is 8.64. The van der Waals surface area contributed by atoms with Crippen LogP contribution < -0.4 is 10.5 Å². The molecule has 38 heavy (non-hydrogen) atoms. The molecule has 1 aliphatic rings. The SMILES string of the molecule is CC(C)(C)N.CC=CC=CC(=O)N1CCc2ccc(OCCc3coc(/C(C)=C/CC)n3)cc2C1C(=O)O. The Labute approximate surface area is 225 Å². The Kier molecular flexibility index (Phi) is 11.5. The average Bonchev–Trinajstić information content (AvgIpc) is 3.31. The van der Waals surface area contributed by atoms with E-state index >= 15 is 0 Å². The molecule has 1 aromatic heterocycles. The minimum atomic E-state index is -1.06. The van der Waals surface area contributed by atoms with Crippen molar-refractivity contribution in [2.45, 2.75) is 72.4 Å². The summed E-state index contributed by atoms with van der Waals surface area (Å²) >= 11 is 0. The van der Waals surface area contributed by atoms with Crippen LogP contribution in [-0.2, 0) is 22.4 Å². The summed E-state index contributed by atoms with van der Waals surface area (Å²) in [7, 11) is 0. The molecule has 2 heterocycles. The van der Waals surface area contributed by atoms with Crippen molar-refractivity contribution in [1.82, 2.24) is 9.88 Å². The van der Waals surface area contributed by atoms with E-state index < -0.39 is 12.0 Å². The molecule has 3 N–H and O–H groups in total. The fraction of sp³-hybridized carbons (Fsp3) is 0.433. The zero-order chi connectivity index (χ0) is 28.3. The molecule has 0 bridgehead atoms. The third-order valence-corrected chi connectivity index (χ3v) is 5.43. The first-order chi connectivity index (χ1) is 17.9. The van der Waals surface area contributed by atoms with Gasteiger partial charge in [-0.25, -0.2) is 9.78 Å². The number of carboxylic acid groups (broad SMARTS) is 1. The molecular weight excluding hydrogens is 482 g/mol. The number of carboxylic acids is 1. The van der Waals surface area contributed by atoms with Gasteiger partial charge in [0.2, 0.25) is 11.8 Å². The van der Waals surface area contributed by atoms with Gasteiger partial charge in [0.1, 0.15) is 12.0 Å². The summed E-state index contributed by atoms with van der Waals surface area (Å²) in [5.74, 6) is -0.221. The lowest BCUT2D eigenvalue weighted by Gasteiger charge is -2.34. The van der Waals surface area contributed by atoms with Crippen molar-refractivity contribution in [3.8, 4) is 5.75 Å². The monoisotopic (exact) mass is 523 g/mol. The number of benzene rings is 1. The van der Waals surface area contributed by atoms with Crippen LogP contribution in [0.5, 0.6) is 5.75 Å². The smallest absolute Gasteiger partial charge is 0.331 e. The Balaban J connectivity index is 0.000000926. The van der Waals surface area contributed by atoms with Crippen LogP contribution in [0.2, 0.25) is 0 Å². The highest BCUT2D eigenvalue weighted by atomic mass is 16.5. The van der Waals surface area contributed by atoms with Gasteiger partial charge < -0.3 is 24.9 Å². The van der Waals surface area contributed by atoms with E-state index in [1.54, 1.807) is 30.6 Å². The number of nitrogens with zero attached hydrogens (tertiary/aromatic N) is 2. The summed E-state index contributed by atoms with van der Waals surface area (Å²) in [4.78, 5) is 30.5. The Morgan fingerprint density at radius 3 is 2.63 bits per heavy atom. The molecule has 0 saturated heterocycles. The third-order valence-electron chi connectivity index (χ3n) is 5.43. The van der Waals surface area contributed by atoms with Gasteiger partial charge in [-0.15, -0.1) is 0 Å². The van der Waals surface area contributed by atoms with E-state index in [0.717, 1.165) is 23.3 Å². The van der Waals surface area contributed by atoms with E-state index in [0.29, 0.717) is 43.2 Å². The van der Waals surface area contributed by atoms with Gasteiger partial charge in [0.05, 0.1) is 12.3 Å². The number of allylic oxidation sites excluding steroid dienone is 5. The molecule has 1 atom stereocenters. The van der Waals surface area contributed by atoms with Gasteiger partial charge in [0.15, 0.2) is 6.04 Å². The second-order valence-corrected chi connectivity index (χ2v) is 10.2. The minimum absolute atomic E-state index is 0. The van der Waals surface area contributed by atoms with E-state index in [1.165, 1.54) is 11.0 Å². The van der Waals surface area contributed by atoms with Crippen molar-refractivity contribution in [2.24, 2.45) is 5.73 Å². The van der Waals surface area contributed by atoms with Crippen LogP contribution in [0.3, 0.4) is 0 Å². The number of carbonyl (C=O) groups excluding carboxylic acids is 1. The molecule has 8 nitrogen and oxygen atoms in total. The molecule has 8 heteroatoms. The van der Waals surface area contributed by atoms with E-state index in [-0.39, 0.29) is 11.4 Å². The Morgan fingerprint density at radius 2 is 2.00 bits per heavy atom. The first kappa shape index (κ1) is 30.6. The van der Waals surface area contributed by atoms with E-state index in [2.05, 4.69) is 18.0 Å². The second kappa shape index (κ2) is 14.3. The van der Waals surface area contributed by atoms with Gasteiger partial charge in [-0.05, 0) is 70.7 Å². The normalized spacial score (nSPS) is 15.8. The number of rotatable bonds is 9. The number of hydrogen-bond donors (Lipinski definition) is 2. The van der Waals surface area contributed by atoms with Crippen LogP contribution in [0.4, 0.5) is 0 Å². The fourth-order valence-corrected chi connectivity index (χ4v) is 3.80. The Bertz CT molecular complexity index is 1160. The molecule has 0 aliphatic carbocycles. The number of fused-ring (bicyclic) bond motifs is 1. The first-order valence-electron chi connectivity index (χ1n) is 12.9. The Hall–Kier alpha value is -3.65. The summed E-state index contributed by atoms with van der Waals surface area (Å²) in [6.45, 7) is 12.5. The van der Waals surface area contributed by atoms with E-state index in [4.69, 9.17) is 14.9 Å². The second-order valence-electron chi connectivity index (χ2n) is 10.2. The first-order valence-corrected chi connectivity index (χ1v) is 12.9. The molecule has 0 fully saturated rings. The molecule has 1 unspecified atom stereocenters. The van der Waals surface area contributed by atoms with Gasteiger partial charge in [-0.1, -0.05) is 37.3 Å². The van der Waals surface area contributed by atoms with Gasteiger partial charge >= 0.3 is 5.97 Å². The maximum atomic E-state index is 12.6. The molecule has 206 valence electrons. The maximum Gasteiger partial charge on any atom is 0.331 e. The number of amides is 1. The molecular formula is C30H41N3O5. The zero-order valence-electron chi connectivity index (χ0n) is 23.4. The number of hydrogen-bond acceptors (Lipinski definition) is 6. The van der Waals surface area contributed by atoms with Gasteiger partial charge in [-0.3, -0.25) is 4.79 Å². The van der Waals surface area contributed by atoms with Crippen molar-refractivity contribution in [2.75, 3.05) is 13.2 Å². The highest BCUT2D eigenvalue weighted by Gasteiger charge is 2.35. The zero-order valence-corrected chi connectivity index (χ0v) is 23.4. The number of carbonyl (C=O) groups is 2. The number of oxazole rings is 1. The number of ether oxygens (including phenoxy) is 1. The molecule has 1 amide bonds. The topological polar surface area (TPSA) is 119 Å². The lowest BCUT2D eigenvalue weighted by molar-refractivity contribution is -0.149. The van der Waals surface area contributed by atoms with Crippen molar-refractivity contribution in [1.29, 1.82) is 0 Å². The highest BCUT2D eigenvalue weighted by molar-refractivity contribution is 5.92. The number of nitrogens with two attached hydrogens (primary N) is 1. The maximum absolute atomic E-state index is 12.6. The predicted octanol–water partition coefficient (Wildman–Crippen LogP) is 5.50. The molecule has 1 aromatic carbocycles. The molecule has 0 saturated carbocycles. The van der Waals surface area contributed by atoms with Gasteiger partial charge in [0, 0.05) is 30.2 Å². The highest BCUT2D eigenvalue weighted by Crippen LogP contribution is 2.33. The van der Waals surface area contributed by atoms with Crippen molar-refractivity contribution >= 4 is 17.4 Å². The standard InChI is InChI=1S/C26H30N2O5.C4H11N/c1-4-6-7-9-23(29)28-14-12-19-10-11-21(16-22(19)24(28)26(30)31)32-15-13-20-17-33-25(27-20)18(3)8-5-2;1-4(2,3)5/h4,6-11,16-17,24H,5,12-15H2,1-3H3,(H,30,31);5H2,1-3H3/b6-4?,9-7?,18-8+;. The van der Waals surface area contributed by atoms with E-state index in [9.17, 15) is 14.7 Å². The van der Waals surface area contributed by atoms with Crippen LogP contribution in [0.1, 0.15) is 76.7 Å². The summed E-state index contributed by atoms with van der Waals surface area (Å²) < 4.78 is 11.4. The lowest BCUT2D eigenvalue weighted by Crippen LogP contribution is -2.42. The van der Waals surface area contributed by atoms with Gasteiger partial charge in [-0.2, -0.15) is 0 Å². The quantitative estimate of drug-likeness (QED) is 0.329. The van der Waals surface area contributed by atoms with Crippen LogP contribution in [0.25, 0.3) is 5.57 Å². The summed E-state index contributed by atoms with van der Waals surface area (Å²) in [5, 5.41) is 9.88. The number of aliphatic carboxylic acids is 1. The minimum Gasteiger partial charge on any atom is -0.493 e. The van der Waals surface area contributed by atoms with Crippen LogP contribution >= 0.6 is 0 Å². The lowest BCUT2D eigenvalue weighted by atomic mass is 9.92. The van der Waals surface area contributed by atoms with Crippen molar-refractivity contribution in [3.63, 3.8) is 0 Å². The Morgan fingerprint density at radius 1 is 1.29 bits per heavy atom. The van der Waals surface area contributed by atoms with Crippen LogP contribution in [0.15, 0.2) is 59.3 Å². The molecule has 0 radical (unpaired) electrons. The van der Waals surface area contributed by atoms with Crippen LogP contribution in [0, 0.1) is 0 Å². The fourth-order valence-electron chi connectivity index (χ4n) is 3.80. The third kappa shape index (κ3) is 9.67. The number of aromatic nitrogens is 1. The molecule has 3 rings (SSSR count). The van der Waals surface area contributed by atoms with Crippen molar-refractivity contribution in [3.05, 3.63) is 77.6 Å². The van der Waals surface area contributed by atoms with Crippen LogP contribution in [-0.4, -0.2) is 45.6 Å². The van der Waals surface area contributed by atoms with Gasteiger partial charge in [0.25, 0.3) is 0 Å². The summed E-state index contributed by atoms with van der Waals surface area (Å²) in [6.07, 6.45) is 12.3. The largest absolute Gasteiger partial charge is 0.493 e. The van der Waals surface area contributed by atoms with E-state index in [1.807, 2.05) is 46.8 Å². The molecule has 1 aliphatic heterocycles. The summed E-state index contributed by atoms with van der Waals surface area (Å²) in [6, 6.07) is 4.40. The average molecular weight is 524 g/mol. The molecule has 2 aromatic rings. The molecule has 0 spiro atoms. The van der Waals surface area contributed by atoms with Crippen molar-refractivity contribution < 1.29 is 23.8 Å². The predicted molar refractivity (Wildman–Crippen MR) is 150 cm³/mol.